The lowest BCUT2D eigenvalue weighted by atomic mass is 9.86. The van der Waals surface area contributed by atoms with Crippen molar-refractivity contribution in [2.75, 3.05) is 12.4 Å². The Hall–Kier alpha value is -2.62. The van der Waals surface area contributed by atoms with Crippen molar-refractivity contribution >= 4 is 23.7 Å². The van der Waals surface area contributed by atoms with Crippen LogP contribution in [0.5, 0.6) is 5.75 Å². The average Bonchev–Trinajstić information content (AvgIpc) is 3.17. The molecule has 1 aromatic carbocycles. The van der Waals surface area contributed by atoms with Crippen LogP contribution in [0.4, 0.5) is 4.79 Å². The van der Waals surface area contributed by atoms with Crippen molar-refractivity contribution in [3.8, 4) is 11.4 Å². The van der Waals surface area contributed by atoms with Crippen molar-refractivity contribution in [2.45, 2.75) is 50.7 Å². The van der Waals surface area contributed by atoms with Crippen LogP contribution in [0.1, 0.15) is 39.5 Å². The van der Waals surface area contributed by atoms with E-state index in [0.29, 0.717) is 29.1 Å². The maximum atomic E-state index is 12.2. The van der Waals surface area contributed by atoms with Crippen LogP contribution < -0.4 is 15.4 Å². The lowest BCUT2D eigenvalue weighted by molar-refractivity contribution is -0.117. The van der Waals surface area contributed by atoms with E-state index in [4.69, 9.17) is 4.74 Å². The SMILES string of the molecule is CCOc1ccccc1-n1nnnc1SCC(=O)NC(=O)N[C@H]1CCCC[C@@H]1C. The molecule has 1 aromatic heterocycles. The number of thioether (sulfide) groups is 1. The molecule has 156 valence electrons. The van der Waals surface area contributed by atoms with E-state index in [9.17, 15) is 9.59 Å². The third kappa shape index (κ3) is 5.69. The zero-order valence-corrected chi connectivity index (χ0v) is 17.4. The fourth-order valence-corrected chi connectivity index (χ4v) is 4.04. The second-order valence-corrected chi connectivity index (χ2v) is 7.90. The molecule has 0 aliphatic heterocycles. The van der Waals surface area contributed by atoms with Gasteiger partial charge in [0.25, 0.3) is 0 Å². The van der Waals surface area contributed by atoms with Crippen LogP contribution in [0.15, 0.2) is 29.4 Å². The fourth-order valence-electron chi connectivity index (χ4n) is 3.36. The number of amides is 3. The predicted octanol–water partition coefficient (Wildman–Crippen LogP) is 2.56. The van der Waals surface area contributed by atoms with Crippen LogP contribution in [0.25, 0.3) is 5.69 Å². The van der Waals surface area contributed by atoms with E-state index in [0.717, 1.165) is 31.0 Å². The first-order valence-electron chi connectivity index (χ1n) is 9.82. The molecule has 0 bridgehead atoms. The van der Waals surface area contributed by atoms with Gasteiger partial charge in [-0.25, -0.2) is 4.79 Å². The smallest absolute Gasteiger partial charge is 0.321 e. The summed E-state index contributed by atoms with van der Waals surface area (Å²) in [6.45, 7) is 4.54. The van der Waals surface area contributed by atoms with E-state index < -0.39 is 11.9 Å². The molecule has 2 atom stereocenters. The molecule has 3 rings (SSSR count). The largest absolute Gasteiger partial charge is 0.492 e. The lowest BCUT2D eigenvalue weighted by Gasteiger charge is -2.29. The summed E-state index contributed by atoms with van der Waals surface area (Å²) < 4.78 is 7.14. The zero-order valence-electron chi connectivity index (χ0n) is 16.6. The second-order valence-electron chi connectivity index (χ2n) is 6.95. The monoisotopic (exact) mass is 418 g/mol. The number of para-hydroxylation sites is 2. The molecular formula is C19H26N6O3S. The molecule has 1 aliphatic rings. The van der Waals surface area contributed by atoms with Crippen LogP contribution >= 0.6 is 11.8 Å². The van der Waals surface area contributed by atoms with E-state index >= 15 is 0 Å². The minimum Gasteiger partial charge on any atom is -0.492 e. The lowest BCUT2D eigenvalue weighted by Crippen LogP contribution is -2.48. The van der Waals surface area contributed by atoms with Gasteiger partial charge in [-0.1, -0.05) is 43.7 Å². The quantitative estimate of drug-likeness (QED) is 0.665. The Morgan fingerprint density at radius 2 is 2.07 bits per heavy atom. The Morgan fingerprint density at radius 3 is 2.86 bits per heavy atom. The van der Waals surface area contributed by atoms with Gasteiger partial charge in [0.1, 0.15) is 11.4 Å². The van der Waals surface area contributed by atoms with Crippen molar-refractivity contribution in [1.29, 1.82) is 0 Å². The molecule has 0 unspecified atom stereocenters. The molecule has 10 heteroatoms. The number of carbonyl (C=O) groups excluding carboxylic acids is 2. The normalized spacial score (nSPS) is 18.8. The first-order chi connectivity index (χ1) is 14.1. The van der Waals surface area contributed by atoms with Crippen molar-refractivity contribution in [3.05, 3.63) is 24.3 Å². The summed E-state index contributed by atoms with van der Waals surface area (Å²) in [6.07, 6.45) is 4.34. The zero-order chi connectivity index (χ0) is 20.6. The Kier molecular flexibility index (Phi) is 7.45. The molecule has 3 amide bonds. The third-order valence-corrected chi connectivity index (χ3v) is 5.77. The van der Waals surface area contributed by atoms with Crippen LogP contribution in [-0.4, -0.2) is 50.5 Å². The number of imide groups is 1. The number of ether oxygens (including phenoxy) is 1. The molecule has 0 saturated heterocycles. The highest BCUT2D eigenvalue weighted by Gasteiger charge is 2.23. The Bertz CT molecular complexity index is 843. The van der Waals surface area contributed by atoms with E-state index in [1.54, 1.807) is 0 Å². The van der Waals surface area contributed by atoms with Crippen LogP contribution in [0.2, 0.25) is 0 Å². The molecule has 0 spiro atoms. The van der Waals surface area contributed by atoms with Crippen LogP contribution in [-0.2, 0) is 4.79 Å². The van der Waals surface area contributed by atoms with Gasteiger partial charge in [-0.05, 0) is 48.2 Å². The Morgan fingerprint density at radius 1 is 1.28 bits per heavy atom. The number of hydrogen-bond donors (Lipinski definition) is 2. The van der Waals surface area contributed by atoms with Gasteiger partial charge >= 0.3 is 6.03 Å². The maximum Gasteiger partial charge on any atom is 0.321 e. The van der Waals surface area contributed by atoms with Crippen molar-refractivity contribution < 1.29 is 14.3 Å². The summed E-state index contributed by atoms with van der Waals surface area (Å²) in [4.78, 5) is 24.3. The van der Waals surface area contributed by atoms with E-state index in [1.165, 1.54) is 11.1 Å². The van der Waals surface area contributed by atoms with Crippen LogP contribution in [0, 0.1) is 5.92 Å². The highest BCUT2D eigenvalue weighted by Crippen LogP contribution is 2.26. The fraction of sp³-hybridized carbons (Fsp3) is 0.526. The number of aromatic nitrogens is 4. The number of hydrogen-bond acceptors (Lipinski definition) is 7. The average molecular weight is 419 g/mol. The third-order valence-electron chi connectivity index (χ3n) is 4.85. The van der Waals surface area contributed by atoms with Crippen molar-refractivity contribution in [2.24, 2.45) is 5.92 Å². The first-order valence-corrected chi connectivity index (χ1v) is 10.8. The summed E-state index contributed by atoms with van der Waals surface area (Å²) in [7, 11) is 0. The van der Waals surface area contributed by atoms with E-state index in [-0.39, 0.29) is 11.8 Å². The number of tetrazole rings is 1. The Labute approximate surface area is 174 Å². The number of nitrogens with zero attached hydrogens (tertiary/aromatic N) is 4. The van der Waals surface area contributed by atoms with Crippen molar-refractivity contribution in [3.63, 3.8) is 0 Å². The molecular weight excluding hydrogens is 392 g/mol. The van der Waals surface area contributed by atoms with Gasteiger partial charge in [0.2, 0.25) is 11.1 Å². The predicted molar refractivity (Wildman–Crippen MR) is 109 cm³/mol. The highest BCUT2D eigenvalue weighted by atomic mass is 32.2. The number of urea groups is 1. The summed E-state index contributed by atoms with van der Waals surface area (Å²) in [6, 6.07) is 7.06. The molecule has 29 heavy (non-hydrogen) atoms. The van der Waals surface area contributed by atoms with E-state index in [2.05, 4.69) is 33.1 Å². The number of benzene rings is 1. The summed E-state index contributed by atoms with van der Waals surface area (Å²) in [5.41, 5.74) is 0.686. The molecule has 2 N–H and O–H groups in total. The number of rotatable bonds is 7. The number of nitrogens with one attached hydrogen (secondary N) is 2. The molecule has 9 nitrogen and oxygen atoms in total. The van der Waals surface area contributed by atoms with Gasteiger partial charge in [0, 0.05) is 6.04 Å². The van der Waals surface area contributed by atoms with Gasteiger partial charge < -0.3 is 10.1 Å². The summed E-state index contributed by atoms with van der Waals surface area (Å²) in [5, 5.41) is 17.4. The molecule has 1 fully saturated rings. The summed E-state index contributed by atoms with van der Waals surface area (Å²) in [5.74, 6) is 0.692. The van der Waals surface area contributed by atoms with Gasteiger partial charge in [-0.3, -0.25) is 10.1 Å². The van der Waals surface area contributed by atoms with Gasteiger partial charge in [0.05, 0.1) is 12.4 Å². The first kappa shape index (κ1) is 21.1. The summed E-state index contributed by atoms with van der Waals surface area (Å²) >= 11 is 1.15. The maximum absolute atomic E-state index is 12.2. The molecule has 1 aliphatic carbocycles. The van der Waals surface area contributed by atoms with Crippen LogP contribution in [0.3, 0.4) is 0 Å². The standard InChI is InChI=1S/C19H26N6O3S/c1-3-28-16-11-7-6-10-15(16)25-19(22-23-24-25)29-12-17(26)21-18(27)20-14-9-5-4-8-13(14)2/h6-7,10-11,13-14H,3-5,8-9,12H2,1-2H3,(H2,20,21,26,27)/t13-,14-/m0/s1. The number of carbonyl (C=O) groups is 2. The topological polar surface area (TPSA) is 111 Å². The van der Waals surface area contributed by atoms with E-state index in [1.807, 2.05) is 31.2 Å². The second kappa shape index (κ2) is 10.2. The molecule has 1 saturated carbocycles. The Balaban J connectivity index is 1.55. The molecule has 0 radical (unpaired) electrons. The minimum atomic E-state index is -0.448. The molecule has 1 heterocycles. The van der Waals surface area contributed by atoms with Gasteiger partial charge in [0.15, 0.2) is 0 Å². The highest BCUT2D eigenvalue weighted by molar-refractivity contribution is 7.99. The van der Waals surface area contributed by atoms with Gasteiger partial charge in [-0.15, -0.1) is 5.10 Å². The molecule has 2 aromatic rings. The van der Waals surface area contributed by atoms with Crippen molar-refractivity contribution in [1.82, 2.24) is 30.8 Å². The van der Waals surface area contributed by atoms with Gasteiger partial charge in [-0.2, -0.15) is 4.68 Å². The minimum absolute atomic E-state index is 0.0187.